The van der Waals surface area contributed by atoms with E-state index in [1.165, 1.54) is 43.7 Å². The SMILES string of the molecule is CC[C@H](N)c1ccc(N2CCN(CC3CC3)CC2)cc1. The smallest absolute Gasteiger partial charge is 0.0367 e. The molecule has 1 atom stereocenters. The molecule has 2 fully saturated rings. The van der Waals surface area contributed by atoms with Gasteiger partial charge in [0.05, 0.1) is 0 Å². The Morgan fingerprint density at radius 1 is 1.10 bits per heavy atom. The van der Waals surface area contributed by atoms with Gasteiger partial charge in [0.25, 0.3) is 0 Å². The van der Waals surface area contributed by atoms with Gasteiger partial charge in [0.1, 0.15) is 0 Å². The molecule has 1 aliphatic carbocycles. The zero-order chi connectivity index (χ0) is 13.9. The van der Waals surface area contributed by atoms with Gasteiger partial charge in [-0.2, -0.15) is 0 Å². The van der Waals surface area contributed by atoms with Crippen molar-refractivity contribution in [2.45, 2.75) is 32.2 Å². The lowest BCUT2D eigenvalue weighted by atomic mass is 10.0. The Hall–Kier alpha value is -1.06. The van der Waals surface area contributed by atoms with Crippen LogP contribution in [-0.4, -0.2) is 37.6 Å². The Labute approximate surface area is 122 Å². The minimum Gasteiger partial charge on any atom is -0.369 e. The highest BCUT2D eigenvalue weighted by Gasteiger charge is 2.26. The van der Waals surface area contributed by atoms with E-state index in [0.29, 0.717) is 0 Å². The summed E-state index contributed by atoms with van der Waals surface area (Å²) >= 11 is 0. The minimum atomic E-state index is 0.180. The van der Waals surface area contributed by atoms with Gasteiger partial charge in [-0.25, -0.2) is 0 Å². The van der Waals surface area contributed by atoms with Crippen LogP contribution in [0, 0.1) is 5.92 Å². The van der Waals surface area contributed by atoms with Crippen molar-refractivity contribution in [3.05, 3.63) is 29.8 Å². The monoisotopic (exact) mass is 273 g/mol. The topological polar surface area (TPSA) is 32.5 Å². The first-order chi connectivity index (χ1) is 9.76. The van der Waals surface area contributed by atoms with Crippen LogP contribution < -0.4 is 10.6 Å². The number of piperazine rings is 1. The maximum absolute atomic E-state index is 6.07. The van der Waals surface area contributed by atoms with Crippen LogP contribution in [-0.2, 0) is 0 Å². The molecule has 3 heteroatoms. The number of hydrogen-bond donors (Lipinski definition) is 1. The van der Waals surface area contributed by atoms with Gasteiger partial charge in [-0.05, 0) is 42.9 Å². The number of nitrogens with two attached hydrogens (primary N) is 1. The van der Waals surface area contributed by atoms with Crippen LogP contribution >= 0.6 is 0 Å². The fraction of sp³-hybridized carbons (Fsp3) is 0.647. The molecule has 0 amide bonds. The van der Waals surface area contributed by atoms with Gasteiger partial charge in [0, 0.05) is 44.5 Å². The number of rotatable bonds is 5. The Morgan fingerprint density at radius 2 is 1.75 bits per heavy atom. The van der Waals surface area contributed by atoms with E-state index in [-0.39, 0.29) is 6.04 Å². The van der Waals surface area contributed by atoms with Crippen LogP contribution in [0.4, 0.5) is 5.69 Å². The van der Waals surface area contributed by atoms with Crippen molar-refractivity contribution in [3.63, 3.8) is 0 Å². The molecule has 110 valence electrons. The molecule has 1 heterocycles. The maximum atomic E-state index is 6.07. The van der Waals surface area contributed by atoms with Crippen LogP contribution in [0.5, 0.6) is 0 Å². The summed E-state index contributed by atoms with van der Waals surface area (Å²) in [5.74, 6) is 1.01. The number of hydrogen-bond acceptors (Lipinski definition) is 3. The summed E-state index contributed by atoms with van der Waals surface area (Å²) in [6, 6.07) is 9.04. The fourth-order valence-corrected chi connectivity index (χ4v) is 3.02. The molecule has 2 N–H and O–H groups in total. The zero-order valence-electron chi connectivity index (χ0n) is 12.6. The third kappa shape index (κ3) is 3.33. The predicted molar refractivity (Wildman–Crippen MR) is 85.0 cm³/mol. The lowest BCUT2D eigenvalue weighted by Gasteiger charge is -2.36. The second-order valence-corrected chi connectivity index (χ2v) is 6.34. The minimum absolute atomic E-state index is 0.180. The van der Waals surface area contributed by atoms with E-state index in [2.05, 4.69) is 41.0 Å². The molecule has 1 saturated carbocycles. The van der Waals surface area contributed by atoms with Gasteiger partial charge in [-0.3, -0.25) is 4.90 Å². The summed E-state index contributed by atoms with van der Waals surface area (Å²) in [5.41, 5.74) is 8.68. The van der Waals surface area contributed by atoms with E-state index in [9.17, 15) is 0 Å². The highest BCUT2D eigenvalue weighted by Crippen LogP contribution is 2.30. The van der Waals surface area contributed by atoms with Crippen molar-refractivity contribution in [1.29, 1.82) is 0 Å². The van der Waals surface area contributed by atoms with E-state index >= 15 is 0 Å². The van der Waals surface area contributed by atoms with Gasteiger partial charge in [-0.15, -0.1) is 0 Å². The molecule has 2 aliphatic rings. The van der Waals surface area contributed by atoms with Crippen molar-refractivity contribution >= 4 is 5.69 Å². The van der Waals surface area contributed by atoms with Gasteiger partial charge >= 0.3 is 0 Å². The van der Waals surface area contributed by atoms with E-state index in [4.69, 9.17) is 5.73 Å². The zero-order valence-corrected chi connectivity index (χ0v) is 12.6. The van der Waals surface area contributed by atoms with E-state index in [1.54, 1.807) is 0 Å². The number of anilines is 1. The van der Waals surface area contributed by atoms with Crippen LogP contribution in [0.25, 0.3) is 0 Å². The van der Waals surface area contributed by atoms with Crippen molar-refractivity contribution in [2.75, 3.05) is 37.6 Å². The molecule has 0 spiro atoms. The molecule has 0 aromatic heterocycles. The quantitative estimate of drug-likeness (QED) is 0.895. The van der Waals surface area contributed by atoms with Crippen molar-refractivity contribution in [1.82, 2.24) is 4.90 Å². The highest BCUT2D eigenvalue weighted by atomic mass is 15.3. The Bertz CT molecular complexity index is 416. The van der Waals surface area contributed by atoms with E-state index in [1.807, 2.05) is 0 Å². The van der Waals surface area contributed by atoms with Crippen LogP contribution in [0.15, 0.2) is 24.3 Å². The van der Waals surface area contributed by atoms with E-state index < -0.39 is 0 Å². The fourth-order valence-electron chi connectivity index (χ4n) is 3.02. The molecule has 0 unspecified atom stereocenters. The lowest BCUT2D eigenvalue weighted by Crippen LogP contribution is -2.47. The summed E-state index contributed by atoms with van der Waals surface area (Å²) in [5, 5.41) is 0. The molecule has 0 bridgehead atoms. The highest BCUT2D eigenvalue weighted by molar-refractivity contribution is 5.48. The van der Waals surface area contributed by atoms with Crippen LogP contribution in [0.3, 0.4) is 0 Å². The maximum Gasteiger partial charge on any atom is 0.0367 e. The first-order valence-corrected chi connectivity index (χ1v) is 8.09. The Morgan fingerprint density at radius 3 is 2.30 bits per heavy atom. The second-order valence-electron chi connectivity index (χ2n) is 6.34. The first-order valence-electron chi connectivity index (χ1n) is 8.09. The molecule has 1 aliphatic heterocycles. The number of nitrogens with zero attached hydrogens (tertiary/aromatic N) is 2. The predicted octanol–water partition coefficient (Wildman–Crippen LogP) is 2.63. The summed E-state index contributed by atoms with van der Waals surface area (Å²) in [4.78, 5) is 5.14. The van der Waals surface area contributed by atoms with E-state index in [0.717, 1.165) is 25.4 Å². The normalized spacial score (nSPS) is 22.0. The van der Waals surface area contributed by atoms with Crippen molar-refractivity contribution < 1.29 is 0 Å². The number of benzene rings is 1. The lowest BCUT2D eigenvalue weighted by molar-refractivity contribution is 0.248. The van der Waals surface area contributed by atoms with Crippen LogP contribution in [0.1, 0.15) is 37.8 Å². The Kier molecular flexibility index (Phi) is 4.27. The summed E-state index contributed by atoms with van der Waals surface area (Å²) < 4.78 is 0. The molecule has 1 saturated heterocycles. The summed E-state index contributed by atoms with van der Waals surface area (Å²) in [6.07, 6.45) is 3.91. The van der Waals surface area contributed by atoms with Crippen LogP contribution in [0.2, 0.25) is 0 Å². The second kappa shape index (κ2) is 6.15. The van der Waals surface area contributed by atoms with Crippen molar-refractivity contribution in [2.24, 2.45) is 11.7 Å². The molecule has 0 radical (unpaired) electrons. The average molecular weight is 273 g/mol. The first kappa shape index (κ1) is 13.9. The molecule has 1 aromatic carbocycles. The largest absolute Gasteiger partial charge is 0.369 e. The van der Waals surface area contributed by atoms with Gasteiger partial charge in [-0.1, -0.05) is 19.1 Å². The molecular formula is C17H27N3. The Balaban J connectivity index is 1.54. The molecule has 3 rings (SSSR count). The van der Waals surface area contributed by atoms with Gasteiger partial charge in [0.15, 0.2) is 0 Å². The average Bonchev–Trinajstić information content (AvgIpc) is 3.31. The van der Waals surface area contributed by atoms with Crippen molar-refractivity contribution in [3.8, 4) is 0 Å². The standard InChI is InChI=1S/C17H27N3/c1-2-17(18)15-5-7-16(8-6-15)20-11-9-19(10-12-20)13-14-3-4-14/h5-8,14,17H,2-4,9-13,18H2,1H3/t17-/m0/s1. The molecule has 20 heavy (non-hydrogen) atoms. The summed E-state index contributed by atoms with van der Waals surface area (Å²) in [7, 11) is 0. The molecule has 3 nitrogen and oxygen atoms in total. The third-order valence-electron chi connectivity index (χ3n) is 4.71. The van der Waals surface area contributed by atoms with Gasteiger partial charge in [0.2, 0.25) is 0 Å². The molecule has 1 aromatic rings. The molecular weight excluding hydrogens is 246 g/mol. The summed E-state index contributed by atoms with van der Waals surface area (Å²) in [6.45, 7) is 8.22. The van der Waals surface area contributed by atoms with Gasteiger partial charge < -0.3 is 10.6 Å². The third-order valence-corrected chi connectivity index (χ3v) is 4.71.